The first kappa shape index (κ1) is 50.8. The number of nitrogens with zero attached hydrogens (tertiary/aromatic N) is 6. The molecule has 0 unspecified atom stereocenters. The molecular weight excluding hydrogens is 909 g/mol. The summed E-state index contributed by atoms with van der Waals surface area (Å²) >= 11 is 0. The summed E-state index contributed by atoms with van der Waals surface area (Å²) in [5, 5.41) is 5.10. The number of pyridine rings is 1. The highest BCUT2D eigenvalue weighted by atomic mass is 16.6. The second-order valence-electron chi connectivity index (χ2n) is 21.5. The van der Waals surface area contributed by atoms with E-state index in [0.29, 0.717) is 57.4 Å². The van der Waals surface area contributed by atoms with E-state index in [9.17, 15) is 14.4 Å². The molecule has 0 radical (unpaired) electrons. The first-order chi connectivity index (χ1) is 34.1. The quantitative estimate of drug-likeness (QED) is 0.137. The Morgan fingerprint density at radius 1 is 0.986 bits per heavy atom. The highest BCUT2D eigenvalue weighted by Crippen LogP contribution is 2.44. The van der Waals surface area contributed by atoms with Gasteiger partial charge in [-0.15, -0.1) is 0 Å². The molecule has 386 valence electrons. The first-order valence-corrected chi connectivity index (χ1v) is 25.8. The Morgan fingerprint density at radius 3 is 2.48 bits per heavy atom. The van der Waals surface area contributed by atoms with Crippen molar-refractivity contribution in [3.05, 3.63) is 53.8 Å². The molecule has 5 aliphatic rings. The average Bonchev–Trinajstić information content (AvgIpc) is 4.03. The minimum Gasteiger partial charge on any atom is -0.464 e. The maximum absolute atomic E-state index is 14.6. The number of hydrogen-bond acceptors (Lipinski definition) is 15. The highest BCUT2D eigenvalue weighted by Gasteiger charge is 2.42. The number of aromatic nitrogens is 3. The van der Waals surface area contributed by atoms with Crippen molar-refractivity contribution in [2.45, 2.75) is 142 Å². The van der Waals surface area contributed by atoms with E-state index < -0.39 is 47.2 Å². The molecule has 4 aliphatic heterocycles. The molecule has 7 heterocycles. The van der Waals surface area contributed by atoms with Gasteiger partial charge in [-0.3, -0.25) is 24.5 Å². The first-order valence-electron chi connectivity index (χ1n) is 25.8. The van der Waals surface area contributed by atoms with E-state index in [0.717, 1.165) is 83.7 Å². The second-order valence-corrected chi connectivity index (χ2v) is 21.5. The number of piperazine rings is 1. The molecule has 4 atom stereocenters. The number of benzene rings is 1. The molecule has 2 N–H and O–H groups in total. The average molecular weight is 983 g/mol. The van der Waals surface area contributed by atoms with Gasteiger partial charge in [0.25, 0.3) is 5.91 Å². The fourth-order valence-electron chi connectivity index (χ4n) is 10.4. The number of hydrogen-bond donors (Lipinski definition) is 2. The molecule has 9 rings (SSSR count). The van der Waals surface area contributed by atoms with Crippen LogP contribution in [0.15, 0.2) is 41.1 Å². The summed E-state index contributed by atoms with van der Waals surface area (Å²) in [5.74, 6) is -0.479. The van der Waals surface area contributed by atoms with Crippen LogP contribution in [0, 0.1) is 5.41 Å². The van der Waals surface area contributed by atoms with Crippen molar-refractivity contribution >= 4 is 34.6 Å². The molecule has 18 nitrogen and oxygen atoms in total. The van der Waals surface area contributed by atoms with Crippen molar-refractivity contribution < 1.29 is 47.2 Å². The summed E-state index contributed by atoms with van der Waals surface area (Å²) in [4.78, 5) is 57.2. The molecule has 2 amide bonds. The number of oxazole rings is 1. The SMILES string of the molecule is CCO[C@H]1c2ncc(o2)-c2ccc3c(c2)c(c(-c2cc(N4CCN(C5CC5)CC4)cnc2[C@H](C)OC)n3CCOC2CCOCC2)CC(C)(C)COC(=O)[C@@H]2CCCN(N2)C(=O)[C@H]1NC(=O)OC(C)(C)C. The molecule has 1 saturated carbocycles. The number of methoxy groups -OCH3 is 1. The number of amides is 2. The zero-order valence-corrected chi connectivity index (χ0v) is 42.9. The van der Waals surface area contributed by atoms with Gasteiger partial charge in [0.2, 0.25) is 5.89 Å². The molecule has 3 aromatic heterocycles. The third-order valence-electron chi connectivity index (χ3n) is 14.3. The van der Waals surface area contributed by atoms with Crippen molar-refractivity contribution in [3.8, 4) is 22.6 Å². The number of carbonyl (C=O) groups excluding carboxylic acids is 3. The third-order valence-corrected chi connectivity index (χ3v) is 14.3. The smallest absolute Gasteiger partial charge is 0.408 e. The lowest BCUT2D eigenvalue weighted by Crippen LogP contribution is -2.61. The number of hydrazine groups is 1. The van der Waals surface area contributed by atoms with E-state index in [-0.39, 0.29) is 37.9 Å². The van der Waals surface area contributed by atoms with E-state index in [1.54, 1.807) is 41.0 Å². The Hall–Kier alpha value is -5.11. The van der Waals surface area contributed by atoms with Gasteiger partial charge >= 0.3 is 12.1 Å². The summed E-state index contributed by atoms with van der Waals surface area (Å²) in [7, 11) is 1.72. The van der Waals surface area contributed by atoms with Gasteiger partial charge in [-0.25, -0.2) is 15.2 Å². The molecule has 6 bridgehead atoms. The van der Waals surface area contributed by atoms with Crippen molar-refractivity contribution in [1.29, 1.82) is 0 Å². The lowest BCUT2D eigenvalue weighted by molar-refractivity contribution is -0.156. The van der Waals surface area contributed by atoms with Crippen molar-refractivity contribution in [2.75, 3.05) is 77.8 Å². The van der Waals surface area contributed by atoms with Gasteiger partial charge in [-0.1, -0.05) is 13.8 Å². The lowest BCUT2D eigenvalue weighted by Gasteiger charge is -2.37. The minimum atomic E-state index is -1.35. The summed E-state index contributed by atoms with van der Waals surface area (Å²) in [6, 6.07) is 7.10. The molecule has 18 heteroatoms. The molecule has 71 heavy (non-hydrogen) atoms. The zero-order chi connectivity index (χ0) is 50.0. The van der Waals surface area contributed by atoms with Crippen LogP contribution in [0.5, 0.6) is 0 Å². The fourth-order valence-corrected chi connectivity index (χ4v) is 10.4. The Morgan fingerprint density at radius 2 is 1.76 bits per heavy atom. The minimum absolute atomic E-state index is 0.0920. The van der Waals surface area contributed by atoms with Crippen LogP contribution in [-0.4, -0.2) is 145 Å². The number of rotatable bonds is 12. The van der Waals surface area contributed by atoms with E-state index >= 15 is 0 Å². The number of cyclic esters (lactones) is 1. The van der Waals surface area contributed by atoms with Crippen LogP contribution in [0.1, 0.15) is 116 Å². The van der Waals surface area contributed by atoms with Gasteiger partial charge in [0.1, 0.15) is 17.7 Å². The van der Waals surface area contributed by atoms with Crippen LogP contribution < -0.4 is 15.6 Å². The van der Waals surface area contributed by atoms with Gasteiger partial charge in [-0.05, 0) is 109 Å². The Kier molecular flexibility index (Phi) is 15.4. The van der Waals surface area contributed by atoms with E-state index in [1.807, 2.05) is 19.2 Å². The highest BCUT2D eigenvalue weighted by molar-refractivity contribution is 5.95. The molecule has 1 aromatic carbocycles. The second kappa shape index (κ2) is 21.5. The summed E-state index contributed by atoms with van der Waals surface area (Å²) in [6.45, 7) is 20.1. The van der Waals surface area contributed by atoms with E-state index in [4.69, 9.17) is 42.8 Å². The van der Waals surface area contributed by atoms with Crippen molar-refractivity contribution in [3.63, 3.8) is 0 Å². The predicted octanol–water partition coefficient (Wildman–Crippen LogP) is 7.14. The summed E-state index contributed by atoms with van der Waals surface area (Å²) in [6.07, 6.45) is 7.16. The zero-order valence-electron chi connectivity index (χ0n) is 42.9. The fraction of sp³-hybridized carbons (Fsp3) is 0.642. The molecular formula is C53H74N8O10. The molecule has 3 saturated heterocycles. The van der Waals surface area contributed by atoms with E-state index in [2.05, 4.69) is 57.2 Å². The molecule has 0 spiro atoms. The summed E-state index contributed by atoms with van der Waals surface area (Å²) < 4.78 is 45.4. The van der Waals surface area contributed by atoms with Crippen LogP contribution in [0.3, 0.4) is 0 Å². The molecule has 1 aliphatic carbocycles. The standard InChI is InChI=1S/C53H74N8O10/c1-9-67-47-45(56-51(64)71-52(3,4)5)49(62)61-18-10-11-41(57-61)50(63)69-32-53(6,7)29-40-38-27-34(43-31-55-48(47)70-43)12-15-42(38)60(23-26-68-37-16-24-66-25-17-37)46(40)39-28-36(30-54-44(39)33(2)65-8)59-21-19-58(20-22-59)35-13-14-35/h12,15,27-28,30-31,33,35,37,41,45,47,57H,9-11,13-14,16-26,29,32H2,1-8H3,(H,56,64)/t33-,41-,45-,47+/m0/s1. The van der Waals surface area contributed by atoms with Gasteiger partial charge in [0, 0.05) is 99.7 Å². The number of ether oxygens (including phenoxy) is 6. The van der Waals surface area contributed by atoms with Crippen molar-refractivity contribution in [1.82, 2.24) is 35.2 Å². The molecule has 4 aromatic rings. The normalized spacial score (nSPS) is 23.4. The van der Waals surface area contributed by atoms with Crippen LogP contribution in [-0.2, 0) is 51.0 Å². The Balaban J connectivity index is 1.20. The van der Waals surface area contributed by atoms with Gasteiger partial charge in [0.15, 0.2) is 11.9 Å². The van der Waals surface area contributed by atoms with E-state index in [1.165, 1.54) is 17.9 Å². The number of carbonyl (C=O) groups is 3. The van der Waals surface area contributed by atoms with Gasteiger partial charge in [0.05, 0.1) is 54.9 Å². The lowest BCUT2D eigenvalue weighted by atomic mass is 9.84. The number of nitrogens with one attached hydrogen (secondary N) is 2. The van der Waals surface area contributed by atoms with Crippen LogP contribution in [0.25, 0.3) is 33.5 Å². The Bertz CT molecular complexity index is 2520. The van der Waals surface area contributed by atoms with Crippen LogP contribution in [0.4, 0.5) is 10.5 Å². The number of alkyl carbamates (subject to hydrolysis) is 1. The topological polar surface area (TPSA) is 184 Å². The monoisotopic (exact) mass is 983 g/mol. The van der Waals surface area contributed by atoms with Crippen LogP contribution in [0.2, 0.25) is 0 Å². The van der Waals surface area contributed by atoms with Gasteiger partial charge < -0.3 is 47.6 Å². The number of anilines is 1. The van der Waals surface area contributed by atoms with Gasteiger partial charge in [-0.2, -0.15) is 0 Å². The van der Waals surface area contributed by atoms with Crippen LogP contribution >= 0.6 is 0 Å². The summed E-state index contributed by atoms with van der Waals surface area (Å²) in [5.41, 5.74) is 8.32. The maximum atomic E-state index is 14.6. The van der Waals surface area contributed by atoms with Crippen molar-refractivity contribution in [2.24, 2.45) is 5.41 Å². The third kappa shape index (κ3) is 11.7. The largest absolute Gasteiger partial charge is 0.464 e. The number of fused-ring (bicyclic) bond motifs is 6. The maximum Gasteiger partial charge on any atom is 0.408 e. The Labute approximate surface area is 417 Å². The predicted molar refractivity (Wildman–Crippen MR) is 267 cm³/mol. The number of esters is 1. The molecule has 4 fully saturated rings.